The van der Waals surface area contributed by atoms with Gasteiger partial charge >= 0.3 is 0 Å². The second-order valence-electron chi connectivity index (χ2n) is 4.29. The molecule has 1 saturated heterocycles. The molecule has 1 aliphatic heterocycles. The number of likely N-dealkylation sites (tertiary alicyclic amines) is 1. The molecule has 1 heterocycles. The van der Waals surface area contributed by atoms with Gasteiger partial charge in [0.1, 0.15) is 6.04 Å². The molecule has 16 heavy (non-hydrogen) atoms. The molecule has 4 heteroatoms. The summed E-state index contributed by atoms with van der Waals surface area (Å²) in [5.74, 6) is -0.117. The number of amides is 1. The second-order valence-corrected chi connectivity index (χ2v) is 4.29. The van der Waals surface area contributed by atoms with Crippen molar-refractivity contribution in [2.45, 2.75) is 19.1 Å². The van der Waals surface area contributed by atoms with Gasteiger partial charge < -0.3 is 15.7 Å². The number of carbonyl (C=O) groups excluding carboxylic acids is 1. The molecule has 0 saturated carbocycles. The van der Waals surface area contributed by atoms with E-state index in [-0.39, 0.29) is 12.0 Å². The summed E-state index contributed by atoms with van der Waals surface area (Å²) in [5.41, 5.74) is 7.83. The number of hydrogen-bond donors (Lipinski definition) is 2. The third-order valence-electron chi connectivity index (χ3n) is 2.88. The van der Waals surface area contributed by atoms with Gasteiger partial charge in [-0.25, -0.2) is 0 Å². The predicted molar refractivity (Wildman–Crippen MR) is 60.7 cm³/mol. The molecule has 86 valence electrons. The third-order valence-corrected chi connectivity index (χ3v) is 2.88. The molecule has 4 nitrogen and oxygen atoms in total. The summed E-state index contributed by atoms with van der Waals surface area (Å²) in [6.07, 6.45) is -0.380. The van der Waals surface area contributed by atoms with Gasteiger partial charge in [-0.3, -0.25) is 4.79 Å². The van der Waals surface area contributed by atoms with Crippen LogP contribution in [-0.2, 0) is 4.79 Å². The molecule has 0 aromatic heterocycles. The molecule has 1 atom stereocenters. The van der Waals surface area contributed by atoms with E-state index in [0.29, 0.717) is 13.1 Å². The smallest absolute Gasteiger partial charge is 0.244 e. The molecular weight excluding hydrogens is 204 g/mol. The Hall–Kier alpha value is -1.39. The summed E-state index contributed by atoms with van der Waals surface area (Å²) >= 11 is 0. The lowest BCUT2D eigenvalue weighted by Gasteiger charge is -2.37. The van der Waals surface area contributed by atoms with Crippen LogP contribution in [-0.4, -0.2) is 35.1 Å². The van der Waals surface area contributed by atoms with Gasteiger partial charge in [-0.05, 0) is 12.5 Å². The highest BCUT2D eigenvalue weighted by atomic mass is 16.3. The van der Waals surface area contributed by atoms with Gasteiger partial charge in [0.05, 0.1) is 6.10 Å². The van der Waals surface area contributed by atoms with Crippen LogP contribution in [0.15, 0.2) is 24.3 Å². The molecule has 1 fully saturated rings. The zero-order valence-electron chi connectivity index (χ0n) is 9.26. The molecule has 1 aliphatic rings. The van der Waals surface area contributed by atoms with E-state index in [1.807, 2.05) is 31.2 Å². The van der Waals surface area contributed by atoms with Crippen LogP contribution in [0.2, 0.25) is 0 Å². The number of rotatable bonds is 2. The Kier molecular flexibility index (Phi) is 2.94. The molecule has 0 spiro atoms. The van der Waals surface area contributed by atoms with Crippen LogP contribution in [0.3, 0.4) is 0 Å². The Balaban J connectivity index is 2.04. The van der Waals surface area contributed by atoms with Gasteiger partial charge in [0, 0.05) is 13.1 Å². The van der Waals surface area contributed by atoms with Crippen molar-refractivity contribution in [2.24, 2.45) is 5.73 Å². The molecule has 1 aromatic carbocycles. The molecule has 1 aromatic rings. The van der Waals surface area contributed by atoms with Crippen molar-refractivity contribution in [2.75, 3.05) is 13.1 Å². The molecule has 0 bridgehead atoms. The number of aliphatic hydroxyl groups is 1. The Morgan fingerprint density at radius 1 is 1.44 bits per heavy atom. The summed E-state index contributed by atoms with van der Waals surface area (Å²) < 4.78 is 0. The Bertz CT molecular complexity index is 383. The first-order chi connectivity index (χ1) is 7.58. The summed E-state index contributed by atoms with van der Waals surface area (Å²) in [6.45, 7) is 2.79. The van der Waals surface area contributed by atoms with Crippen LogP contribution in [0.1, 0.15) is 17.2 Å². The van der Waals surface area contributed by atoms with Gasteiger partial charge in [0.15, 0.2) is 0 Å². The van der Waals surface area contributed by atoms with Crippen molar-refractivity contribution in [1.29, 1.82) is 0 Å². The first kappa shape index (κ1) is 11.1. The van der Waals surface area contributed by atoms with Crippen LogP contribution in [0.5, 0.6) is 0 Å². The Labute approximate surface area is 94.7 Å². The number of nitrogens with zero attached hydrogens (tertiary/aromatic N) is 1. The number of hydrogen-bond acceptors (Lipinski definition) is 3. The van der Waals surface area contributed by atoms with Gasteiger partial charge in [-0.1, -0.05) is 29.8 Å². The van der Waals surface area contributed by atoms with Crippen LogP contribution in [0.4, 0.5) is 0 Å². The largest absolute Gasteiger partial charge is 0.389 e. The van der Waals surface area contributed by atoms with Gasteiger partial charge in [-0.2, -0.15) is 0 Å². The van der Waals surface area contributed by atoms with Crippen molar-refractivity contribution in [3.8, 4) is 0 Å². The van der Waals surface area contributed by atoms with Crippen LogP contribution >= 0.6 is 0 Å². The van der Waals surface area contributed by atoms with E-state index in [2.05, 4.69) is 0 Å². The highest BCUT2D eigenvalue weighted by Crippen LogP contribution is 2.17. The van der Waals surface area contributed by atoms with E-state index >= 15 is 0 Å². The lowest BCUT2D eigenvalue weighted by atomic mass is 10.0. The van der Waals surface area contributed by atoms with Crippen molar-refractivity contribution < 1.29 is 9.90 Å². The average Bonchev–Trinajstić information content (AvgIpc) is 2.24. The summed E-state index contributed by atoms with van der Waals surface area (Å²) in [5, 5.41) is 9.12. The first-order valence-electron chi connectivity index (χ1n) is 5.37. The number of aryl methyl sites for hydroxylation is 1. The second kappa shape index (κ2) is 4.23. The normalized spacial score (nSPS) is 18.1. The monoisotopic (exact) mass is 220 g/mol. The van der Waals surface area contributed by atoms with Crippen LogP contribution < -0.4 is 5.73 Å². The maximum atomic E-state index is 11.8. The number of benzene rings is 1. The SMILES string of the molecule is Cc1ccc(C(N)C(=O)N2CC(O)C2)cc1. The average molecular weight is 220 g/mol. The van der Waals surface area contributed by atoms with Gasteiger partial charge in [-0.15, -0.1) is 0 Å². The fourth-order valence-corrected chi connectivity index (χ4v) is 1.75. The molecule has 0 radical (unpaired) electrons. The van der Waals surface area contributed by atoms with Crippen molar-refractivity contribution in [3.63, 3.8) is 0 Å². The molecule has 3 N–H and O–H groups in total. The molecular formula is C12H16N2O2. The number of nitrogens with two attached hydrogens (primary N) is 1. The minimum absolute atomic E-state index is 0.117. The van der Waals surface area contributed by atoms with E-state index in [1.54, 1.807) is 4.90 Å². The lowest BCUT2D eigenvalue weighted by Crippen LogP contribution is -2.55. The fourth-order valence-electron chi connectivity index (χ4n) is 1.75. The quantitative estimate of drug-likeness (QED) is 0.748. The zero-order valence-corrected chi connectivity index (χ0v) is 9.26. The number of β-amino-alcohol motifs (C(OH)–C–C–N with tert-alkyl or cyclic N) is 1. The molecule has 0 aliphatic carbocycles. The maximum absolute atomic E-state index is 11.8. The minimum atomic E-state index is -0.618. The predicted octanol–water partition coefficient (Wildman–Crippen LogP) is 0.198. The van der Waals surface area contributed by atoms with Crippen molar-refractivity contribution in [1.82, 2.24) is 4.90 Å². The van der Waals surface area contributed by atoms with E-state index in [1.165, 1.54) is 0 Å². The van der Waals surface area contributed by atoms with Crippen LogP contribution in [0.25, 0.3) is 0 Å². The maximum Gasteiger partial charge on any atom is 0.244 e. The zero-order chi connectivity index (χ0) is 11.7. The topological polar surface area (TPSA) is 66.6 Å². The number of aliphatic hydroxyl groups excluding tert-OH is 1. The molecule has 1 amide bonds. The Morgan fingerprint density at radius 3 is 2.50 bits per heavy atom. The molecule has 1 unspecified atom stereocenters. The number of carbonyl (C=O) groups is 1. The minimum Gasteiger partial charge on any atom is -0.389 e. The van der Waals surface area contributed by atoms with Gasteiger partial charge in [0.25, 0.3) is 0 Å². The van der Waals surface area contributed by atoms with E-state index in [0.717, 1.165) is 11.1 Å². The van der Waals surface area contributed by atoms with Crippen molar-refractivity contribution >= 4 is 5.91 Å². The standard InChI is InChI=1S/C12H16N2O2/c1-8-2-4-9(5-3-8)11(13)12(16)14-6-10(15)7-14/h2-5,10-11,15H,6-7,13H2,1H3. The molecule has 2 rings (SSSR count). The van der Waals surface area contributed by atoms with Crippen LogP contribution in [0, 0.1) is 6.92 Å². The summed E-state index contributed by atoms with van der Waals surface area (Å²) in [6, 6.07) is 7.00. The fraction of sp³-hybridized carbons (Fsp3) is 0.417. The summed E-state index contributed by atoms with van der Waals surface area (Å²) in [4.78, 5) is 13.4. The van der Waals surface area contributed by atoms with E-state index in [4.69, 9.17) is 10.8 Å². The van der Waals surface area contributed by atoms with E-state index in [9.17, 15) is 4.79 Å². The van der Waals surface area contributed by atoms with E-state index < -0.39 is 6.04 Å². The first-order valence-corrected chi connectivity index (χ1v) is 5.37. The van der Waals surface area contributed by atoms with Gasteiger partial charge in [0.2, 0.25) is 5.91 Å². The highest BCUT2D eigenvalue weighted by Gasteiger charge is 2.32. The lowest BCUT2D eigenvalue weighted by molar-refractivity contribution is -0.142. The Morgan fingerprint density at radius 2 is 2.00 bits per heavy atom. The highest BCUT2D eigenvalue weighted by molar-refractivity contribution is 5.83. The third kappa shape index (κ3) is 2.08. The van der Waals surface area contributed by atoms with Crippen molar-refractivity contribution in [3.05, 3.63) is 35.4 Å². The summed E-state index contributed by atoms with van der Waals surface area (Å²) in [7, 11) is 0.